The second kappa shape index (κ2) is 10.5. The summed E-state index contributed by atoms with van der Waals surface area (Å²) in [6.07, 6.45) is 1.04. The van der Waals surface area contributed by atoms with E-state index in [0.29, 0.717) is 54.4 Å². The van der Waals surface area contributed by atoms with Gasteiger partial charge in [0.2, 0.25) is 6.79 Å². The number of dihydropyridines is 1. The average Bonchev–Trinajstić information content (AvgIpc) is 3.32. The third-order valence-electron chi connectivity index (χ3n) is 6.79. The number of ketones is 1. The van der Waals surface area contributed by atoms with Crippen LogP contribution in [0.3, 0.4) is 0 Å². The maximum Gasteiger partial charge on any atom is 0.336 e. The minimum absolute atomic E-state index is 0.0132. The van der Waals surface area contributed by atoms with Gasteiger partial charge in [-0.15, -0.1) is 0 Å². The summed E-state index contributed by atoms with van der Waals surface area (Å²) in [5.74, 6) is 0.209. The van der Waals surface area contributed by atoms with Crippen LogP contribution >= 0.6 is 15.9 Å². The van der Waals surface area contributed by atoms with Crippen molar-refractivity contribution in [3.8, 4) is 11.5 Å². The number of Topliss-reactive ketones (excluding diaryl/α,β-unsaturated/α-hetero) is 1. The molecule has 0 aromatic heterocycles. The van der Waals surface area contributed by atoms with Crippen LogP contribution in [0.1, 0.15) is 49.7 Å². The zero-order valence-electron chi connectivity index (χ0n) is 20.3. The number of halogens is 1. The lowest BCUT2D eigenvalue weighted by molar-refractivity contribution is -0.140. The predicted molar refractivity (Wildman–Crippen MR) is 137 cm³/mol. The van der Waals surface area contributed by atoms with Gasteiger partial charge in [0.05, 0.1) is 12.2 Å². The van der Waals surface area contributed by atoms with Crippen LogP contribution in [0.2, 0.25) is 0 Å². The van der Waals surface area contributed by atoms with Gasteiger partial charge in [-0.1, -0.05) is 46.3 Å². The molecule has 2 aliphatic heterocycles. The van der Waals surface area contributed by atoms with Gasteiger partial charge in [0, 0.05) is 40.4 Å². The molecule has 0 amide bonds. The highest BCUT2D eigenvalue weighted by atomic mass is 79.9. The van der Waals surface area contributed by atoms with E-state index in [2.05, 4.69) is 33.4 Å². The lowest BCUT2D eigenvalue weighted by Crippen LogP contribution is -2.36. The Labute approximate surface area is 218 Å². The summed E-state index contributed by atoms with van der Waals surface area (Å²) in [6, 6.07) is 13.8. The van der Waals surface area contributed by atoms with Crippen molar-refractivity contribution in [3.63, 3.8) is 0 Å². The van der Waals surface area contributed by atoms with Gasteiger partial charge in [-0.2, -0.15) is 0 Å². The van der Waals surface area contributed by atoms with Gasteiger partial charge >= 0.3 is 5.97 Å². The Hall–Kier alpha value is -3.10. The monoisotopic (exact) mass is 553 g/mol. The van der Waals surface area contributed by atoms with Gasteiger partial charge in [-0.05, 0) is 49.4 Å². The number of hydrogen-bond acceptors (Lipinski definition) is 7. The Bertz CT molecular complexity index is 1250. The molecule has 0 unspecified atom stereocenters. The topological polar surface area (TPSA) is 83.1 Å². The highest BCUT2D eigenvalue weighted by Crippen LogP contribution is 2.49. The molecule has 3 aliphatic rings. The van der Waals surface area contributed by atoms with Crippen LogP contribution < -0.4 is 14.8 Å². The molecule has 8 heteroatoms. The van der Waals surface area contributed by atoms with E-state index >= 15 is 0 Å². The molecule has 0 bridgehead atoms. The van der Waals surface area contributed by atoms with E-state index in [-0.39, 0.29) is 25.1 Å². The number of carbonyl (C=O) groups excluding carboxylic acids is 2. The van der Waals surface area contributed by atoms with E-state index in [1.54, 1.807) is 0 Å². The molecule has 0 radical (unpaired) electrons. The molecule has 1 N–H and O–H groups in total. The van der Waals surface area contributed by atoms with Gasteiger partial charge in [0.1, 0.15) is 6.61 Å². The summed E-state index contributed by atoms with van der Waals surface area (Å²) in [4.78, 5) is 27.1. The molecule has 188 valence electrons. The molecule has 2 aromatic carbocycles. The van der Waals surface area contributed by atoms with E-state index in [0.717, 1.165) is 21.3 Å². The highest BCUT2D eigenvalue weighted by molar-refractivity contribution is 9.10. The van der Waals surface area contributed by atoms with Crippen LogP contribution in [-0.2, 0) is 19.1 Å². The maximum absolute atomic E-state index is 13.8. The highest BCUT2D eigenvalue weighted by Gasteiger charge is 2.42. The Balaban J connectivity index is 1.56. The fourth-order valence-corrected chi connectivity index (χ4v) is 5.70. The molecule has 1 aliphatic carbocycles. The standard InChI is InChI=1S/C28H28BrNO6/c1-3-33-9-10-34-28(32)25-16(2)30-21-11-18(17-7-5-4-6-8-17)12-22(31)27(21)26(25)19-13-23-24(14-20(19)29)36-15-35-23/h4-8,13-14,18,26,30H,3,9-12,15H2,1-2H3/t18-,26+/m0/s1. The van der Waals surface area contributed by atoms with Crippen LogP contribution in [0.4, 0.5) is 0 Å². The lowest BCUT2D eigenvalue weighted by Gasteiger charge is -2.37. The number of benzene rings is 2. The van der Waals surface area contributed by atoms with Crippen molar-refractivity contribution in [3.05, 3.63) is 80.6 Å². The second-order valence-corrected chi connectivity index (χ2v) is 9.84. The number of hydrogen-bond donors (Lipinski definition) is 1. The molecular formula is C28H28BrNO6. The van der Waals surface area contributed by atoms with E-state index < -0.39 is 11.9 Å². The molecule has 2 atom stereocenters. The Morgan fingerprint density at radius 1 is 1.11 bits per heavy atom. The molecule has 36 heavy (non-hydrogen) atoms. The van der Waals surface area contributed by atoms with Crippen molar-refractivity contribution >= 4 is 27.7 Å². The largest absolute Gasteiger partial charge is 0.460 e. The number of allylic oxidation sites excluding steroid dienone is 3. The zero-order valence-corrected chi connectivity index (χ0v) is 21.9. The maximum atomic E-state index is 13.8. The number of esters is 1. The molecule has 0 saturated carbocycles. The second-order valence-electron chi connectivity index (χ2n) is 8.99. The van der Waals surface area contributed by atoms with Crippen LogP contribution in [0.25, 0.3) is 0 Å². The van der Waals surface area contributed by atoms with Crippen LogP contribution in [0.5, 0.6) is 11.5 Å². The first-order chi connectivity index (χ1) is 17.5. The lowest BCUT2D eigenvalue weighted by atomic mass is 9.71. The smallest absolute Gasteiger partial charge is 0.336 e. The number of carbonyl (C=O) groups is 2. The Morgan fingerprint density at radius 2 is 1.86 bits per heavy atom. The van der Waals surface area contributed by atoms with Crippen molar-refractivity contribution in [2.24, 2.45) is 0 Å². The number of rotatable bonds is 7. The number of fused-ring (bicyclic) bond motifs is 1. The van der Waals surface area contributed by atoms with Crippen molar-refractivity contribution < 1.29 is 28.5 Å². The quantitative estimate of drug-likeness (QED) is 0.376. The Morgan fingerprint density at radius 3 is 2.61 bits per heavy atom. The van der Waals surface area contributed by atoms with Crippen LogP contribution in [0.15, 0.2) is 69.5 Å². The van der Waals surface area contributed by atoms with Crippen LogP contribution in [-0.4, -0.2) is 38.4 Å². The molecule has 5 rings (SSSR count). The fourth-order valence-electron chi connectivity index (χ4n) is 5.15. The molecule has 0 spiro atoms. The minimum atomic E-state index is -0.603. The van der Waals surface area contributed by atoms with Gasteiger partial charge in [0.15, 0.2) is 17.3 Å². The molecule has 0 fully saturated rings. The summed E-state index contributed by atoms with van der Waals surface area (Å²) in [5, 5.41) is 3.39. The summed E-state index contributed by atoms with van der Waals surface area (Å²) in [7, 11) is 0. The first-order valence-electron chi connectivity index (χ1n) is 12.1. The van der Waals surface area contributed by atoms with E-state index in [4.69, 9.17) is 18.9 Å². The summed E-state index contributed by atoms with van der Waals surface area (Å²) in [5.41, 5.74) is 4.42. The fraction of sp³-hybridized carbons (Fsp3) is 0.357. The molecule has 7 nitrogen and oxygen atoms in total. The summed E-state index contributed by atoms with van der Waals surface area (Å²) < 4.78 is 22.8. The zero-order chi connectivity index (χ0) is 25.2. The molecular weight excluding hydrogens is 526 g/mol. The van der Waals surface area contributed by atoms with Gasteiger partial charge in [-0.3, -0.25) is 4.79 Å². The normalized spacial score (nSPS) is 20.8. The van der Waals surface area contributed by atoms with E-state index in [1.165, 1.54) is 0 Å². The van der Waals surface area contributed by atoms with Crippen molar-refractivity contribution in [2.75, 3.05) is 26.6 Å². The van der Waals surface area contributed by atoms with Crippen molar-refractivity contribution in [2.45, 2.75) is 38.5 Å². The number of nitrogens with one attached hydrogen (secondary N) is 1. The van der Waals surface area contributed by atoms with Gasteiger partial charge < -0.3 is 24.3 Å². The van der Waals surface area contributed by atoms with E-state index in [1.807, 2.05) is 44.2 Å². The average molecular weight is 554 g/mol. The number of ether oxygens (including phenoxy) is 4. The van der Waals surface area contributed by atoms with Gasteiger partial charge in [0.25, 0.3) is 0 Å². The summed E-state index contributed by atoms with van der Waals surface area (Å²) in [6.45, 7) is 4.86. The van der Waals surface area contributed by atoms with Crippen molar-refractivity contribution in [1.29, 1.82) is 0 Å². The molecule has 2 aromatic rings. The minimum Gasteiger partial charge on any atom is -0.460 e. The van der Waals surface area contributed by atoms with Crippen molar-refractivity contribution in [1.82, 2.24) is 5.32 Å². The SMILES string of the molecule is CCOCCOC(=O)C1=C(C)NC2=C(C(=O)C[C@@H](c3ccccc3)C2)[C@@H]1c1cc2c(cc1Br)OCO2. The summed E-state index contributed by atoms with van der Waals surface area (Å²) >= 11 is 3.66. The van der Waals surface area contributed by atoms with Gasteiger partial charge in [-0.25, -0.2) is 4.79 Å². The first-order valence-corrected chi connectivity index (χ1v) is 12.9. The third kappa shape index (κ3) is 4.67. The first kappa shape index (κ1) is 24.6. The van der Waals surface area contributed by atoms with E-state index in [9.17, 15) is 9.59 Å². The predicted octanol–water partition coefficient (Wildman–Crippen LogP) is 5.12. The van der Waals surface area contributed by atoms with Crippen LogP contribution in [0, 0.1) is 0 Å². The molecule has 0 saturated heterocycles. The Kier molecular flexibility index (Phi) is 7.16. The third-order valence-corrected chi connectivity index (χ3v) is 7.47. The molecule has 2 heterocycles.